The molecular weight excluding hydrogens is 549 g/mol. The van der Waals surface area contributed by atoms with Gasteiger partial charge in [0, 0.05) is 28.2 Å². The number of fused-ring (bicyclic) bond motifs is 1. The zero-order chi connectivity index (χ0) is 30.2. The minimum absolute atomic E-state index is 0.0268. The second kappa shape index (κ2) is 11.0. The SMILES string of the molecule is Cc1cc(C=Nn2c(-c3cccc(C(F)(F)F)c3)nc3ccccc3c2=O)c(C)n1-c1ccc(O[C@@H](C)C(=O)O)cc1. The number of aryl methyl sites for hydroxylation is 1. The van der Waals surface area contributed by atoms with Gasteiger partial charge in [0.15, 0.2) is 11.9 Å². The largest absolute Gasteiger partial charge is 0.479 e. The summed E-state index contributed by atoms with van der Waals surface area (Å²) in [7, 11) is 0. The van der Waals surface area contributed by atoms with Crippen molar-refractivity contribution in [2.24, 2.45) is 5.10 Å². The lowest BCUT2D eigenvalue weighted by Gasteiger charge is -2.13. The van der Waals surface area contributed by atoms with Crippen LogP contribution in [0.2, 0.25) is 0 Å². The number of carbonyl (C=O) groups is 1. The molecule has 5 rings (SSSR count). The molecule has 2 heterocycles. The molecule has 8 nitrogen and oxygen atoms in total. The first-order valence-electron chi connectivity index (χ1n) is 12.9. The number of carboxylic acid groups (broad SMARTS) is 1. The molecule has 42 heavy (non-hydrogen) atoms. The third kappa shape index (κ3) is 5.53. The lowest BCUT2D eigenvalue weighted by atomic mass is 10.1. The molecule has 1 N–H and O–H groups in total. The van der Waals surface area contributed by atoms with E-state index in [4.69, 9.17) is 9.84 Å². The van der Waals surface area contributed by atoms with E-state index in [0.29, 0.717) is 16.8 Å². The van der Waals surface area contributed by atoms with Crippen LogP contribution in [-0.2, 0) is 11.0 Å². The minimum Gasteiger partial charge on any atom is -0.479 e. The van der Waals surface area contributed by atoms with Crippen LogP contribution >= 0.6 is 0 Å². The molecule has 0 saturated heterocycles. The molecule has 2 aromatic heterocycles. The van der Waals surface area contributed by atoms with Crippen LogP contribution < -0.4 is 10.3 Å². The number of benzene rings is 3. The third-order valence-electron chi connectivity index (χ3n) is 6.74. The summed E-state index contributed by atoms with van der Waals surface area (Å²) in [6, 6.07) is 20.0. The Balaban J connectivity index is 1.56. The third-order valence-corrected chi connectivity index (χ3v) is 6.74. The van der Waals surface area contributed by atoms with Gasteiger partial charge in [0.05, 0.1) is 22.7 Å². The summed E-state index contributed by atoms with van der Waals surface area (Å²) in [4.78, 5) is 29.1. The molecule has 0 aliphatic carbocycles. The molecule has 214 valence electrons. The zero-order valence-corrected chi connectivity index (χ0v) is 22.8. The van der Waals surface area contributed by atoms with Crippen molar-refractivity contribution < 1.29 is 27.8 Å². The number of alkyl halides is 3. The summed E-state index contributed by atoms with van der Waals surface area (Å²) in [6.45, 7) is 5.19. The Labute approximate surface area is 238 Å². The van der Waals surface area contributed by atoms with Gasteiger partial charge in [-0.25, -0.2) is 9.78 Å². The molecule has 0 saturated carbocycles. The van der Waals surface area contributed by atoms with Gasteiger partial charge in [0.2, 0.25) is 0 Å². The van der Waals surface area contributed by atoms with Gasteiger partial charge in [-0.2, -0.15) is 22.9 Å². The molecule has 5 aromatic rings. The fraction of sp³-hybridized carbons (Fsp3) is 0.161. The molecule has 3 aromatic carbocycles. The molecule has 0 aliphatic heterocycles. The van der Waals surface area contributed by atoms with Crippen molar-refractivity contribution in [1.29, 1.82) is 0 Å². The Morgan fingerprint density at radius 3 is 2.43 bits per heavy atom. The first-order valence-corrected chi connectivity index (χ1v) is 12.9. The summed E-state index contributed by atoms with van der Waals surface area (Å²) in [5, 5.41) is 13.8. The predicted molar refractivity (Wildman–Crippen MR) is 152 cm³/mol. The molecule has 0 unspecified atom stereocenters. The van der Waals surface area contributed by atoms with Crippen molar-refractivity contribution in [1.82, 2.24) is 14.2 Å². The van der Waals surface area contributed by atoms with Crippen molar-refractivity contribution in [3.8, 4) is 22.8 Å². The average molecular weight is 575 g/mol. The maximum atomic E-state index is 13.5. The predicted octanol–water partition coefficient (Wildman–Crippen LogP) is 6.22. The van der Waals surface area contributed by atoms with Crippen molar-refractivity contribution in [2.75, 3.05) is 0 Å². The van der Waals surface area contributed by atoms with Gasteiger partial charge in [0.25, 0.3) is 5.56 Å². The van der Waals surface area contributed by atoms with Gasteiger partial charge in [-0.05, 0) is 75.4 Å². The zero-order valence-electron chi connectivity index (χ0n) is 22.8. The summed E-state index contributed by atoms with van der Waals surface area (Å²) in [5.41, 5.74) is 2.13. The van der Waals surface area contributed by atoms with Gasteiger partial charge in [-0.3, -0.25) is 4.79 Å². The van der Waals surface area contributed by atoms with E-state index < -0.39 is 29.4 Å². The smallest absolute Gasteiger partial charge is 0.416 e. The number of para-hydroxylation sites is 1. The highest BCUT2D eigenvalue weighted by molar-refractivity contribution is 5.83. The van der Waals surface area contributed by atoms with E-state index in [1.54, 1.807) is 48.5 Å². The van der Waals surface area contributed by atoms with Gasteiger partial charge in [0.1, 0.15) is 5.75 Å². The van der Waals surface area contributed by atoms with Crippen molar-refractivity contribution in [3.63, 3.8) is 0 Å². The highest BCUT2D eigenvalue weighted by atomic mass is 19.4. The molecule has 0 amide bonds. The number of aliphatic carboxylic acids is 1. The van der Waals surface area contributed by atoms with E-state index in [1.807, 2.05) is 24.5 Å². The fourth-order valence-corrected chi connectivity index (χ4v) is 4.62. The van der Waals surface area contributed by atoms with Gasteiger partial charge >= 0.3 is 12.1 Å². The molecule has 0 fully saturated rings. The average Bonchev–Trinajstić information content (AvgIpc) is 3.24. The Hall–Kier alpha value is -5.19. The number of ether oxygens (including phenoxy) is 1. The van der Waals surface area contributed by atoms with E-state index in [0.717, 1.165) is 33.9 Å². The van der Waals surface area contributed by atoms with Gasteiger partial charge in [-0.1, -0.05) is 24.3 Å². The van der Waals surface area contributed by atoms with Gasteiger partial charge < -0.3 is 14.4 Å². The van der Waals surface area contributed by atoms with Crippen LogP contribution in [0.4, 0.5) is 13.2 Å². The summed E-state index contributed by atoms with van der Waals surface area (Å²) < 4.78 is 48.8. The Kier molecular flexibility index (Phi) is 7.42. The first-order chi connectivity index (χ1) is 19.9. The second-order valence-electron chi connectivity index (χ2n) is 9.65. The number of halogens is 3. The monoisotopic (exact) mass is 574 g/mol. The standard InChI is InChI=1S/C31H25F3N4O4/c1-18-15-22(19(2)37(18)24-11-13-25(14-12-24)42-20(3)30(40)41)17-35-38-28(21-7-6-8-23(16-21)31(32,33)34)36-27-10-5-4-9-26(27)29(38)39/h4-17,20H,1-3H3,(H,40,41)/t20-/m0/s1. The molecule has 0 aliphatic rings. The number of aromatic nitrogens is 3. The minimum atomic E-state index is -4.57. The Morgan fingerprint density at radius 1 is 1.02 bits per heavy atom. The molecule has 0 spiro atoms. The number of nitrogens with zero attached hydrogens (tertiary/aromatic N) is 4. The first kappa shape index (κ1) is 28.3. The quantitative estimate of drug-likeness (QED) is 0.233. The maximum absolute atomic E-state index is 13.5. The van der Waals surface area contributed by atoms with E-state index in [2.05, 4.69) is 10.1 Å². The topological polar surface area (TPSA) is 98.7 Å². The molecule has 0 bridgehead atoms. The second-order valence-corrected chi connectivity index (χ2v) is 9.65. The highest BCUT2D eigenvalue weighted by Gasteiger charge is 2.31. The van der Waals surface area contributed by atoms with Crippen LogP contribution in [-0.4, -0.2) is 37.6 Å². The fourth-order valence-electron chi connectivity index (χ4n) is 4.62. The normalized spacial score (nSPS) is 12.6. The molecule has 0 radical (unpaired) electrons. The van der Waals surface area contributed by atoms with Crippen LogP contribution in [0.5, 0.6) is 5.75 Å². The van der Waals surface area contributed by atoms with Crippen LogP contribution in [0.15, 0.2) is 88.8 Å². The molecule has 1 atom stereocenters. The number of rotatable bonds is 7. The van der Waals surface area contributed by atoms with E-state index in [9.17, 15) is 22.8 Å². The van der Waals surface area contributed by atoms with Crippen LogP contribution in [0.25, 0.3) is 28.0 Å². The van der Waals surface area contributed by atoms with E-state index >= 15 is 0 Å². The van der Waals surface area contributed by atoms with Crippen molar-refractivity contribution in [2.45, 2.75) is 33.1 Å². The Morgan fingerprint density at radius 2 is 1.74 bits per heavy atom. The summed E-state index contributed by atoms with van der Waals surface area (Å²) >= 11 is 0. The number of hydrogen-bond donors (Lipinski definition) is 1. The van der Waals surface area contributed by atoms with Crippen LogP contribution in [0.3, 0.4) is 0 Å². The highest BCUT2D eigenvalue weighted by Crippen LogP contribution is 2.32. The number of carboxylic acids is 1. The lowest BCUT2D eigenvalue weighted by molar-refractivity contribution is -0.144. The van der Waals surface area contributed by atoms with Crippen molar-refractivity contribution >= 4 is 23.1 Å². The van der Waals surface area contributed by atoms with Crippen molar-refractivity contribution in [3.05, 3.63) is 112 Å². The van der Waals surface area contributed by atoms with Gasteiger partial charge in [-0.15, -0.1) is 0 Å². The van der Waals surface area contributed by atoms with E-state index in [1.165, 1.54) is 25.3 Å². The van der Waals surface area contributed by atoms with Crippen LogP contribution in [0, 0.1) is 13.8 Å². The lowest BCUT2D eigenvalue weighted by Crippen LogP contribution is -2.22. The van der Waals surface area contributed by atoms with Crippen LogP contribution in [0.1, 0.15) is 29.4 Å². The molecule has 11 heteroatoms. The summed E-state index contributed by atoms with van der Waals surface area (Å²) in [5.74, 6) is -0.693. The van der Waals surface area contributed by atoms with E-state index in [-0.39, 0.29) is 16.8 Å². The Bertz CT molecular complexity index is 1890. The number of hydrogen-bond acceptors (Lipinski definition) is 5. The molecular formula is C31H25F3N4O4. The maximum Gasteiger partial charge on any atom is 0.416 e. The summed E-state index contributed by atoms with van der Waals surface area (Å²) in [6.07, 6.45) is -4.10.